The summed E-state index contributed by atoms with van der Waals surface area (Å²) >= 11 is 0. The van der Waals surface area contributed by atoms with E-state index in [-0.39, 0.29) is 17.9 Å². The molecule has 2 bridgehead atoms. The maximum atomic E-state index is 13.0. The highest BCUT2D eigenvalue weighted by molar-refractivity contribution is 5.93. The zero-order valence-electron chi connectivity index (χ0n) is 14.3. The van der Waals surface area contributed by atoms with Gasteiger partial charge in [0, 0.05) is 38.2 Å². The van der Waals surface area contributed by atoms with Gasteiger partial charge in [-0.05, 0) is 24.8 Å². The summed E-state index contributed by atoms with van der Waals surface area (Å²) in [4.78, 5) is 28.6. The number of nitrogens with zero attached hydrogens (tertiary/aromatic N) is 3. The minimum atomic E-state index is -0.0187. The second-order valence-corrected chi connectivity index (χ2v) is 7.01. The molecule has 0 aliphatic carbocycles. The molecule has 3 saturated heterocycles. The average Bonchev–Trinajstić information content (AvgIpc) is 2.94. The predicted octanol–water partition coefficient (Wildman–Crippen LogP) is 2.16. The van der Waals surface area contributed by atoms with Gasteiger partial charge < -0.3 is 9.80 Å². The Labute approximate surface area is 146 Å². The minimum Gasteiger partial charge on any atom is -0.341 e. The highest BCUT2D eigenvalue weighted by Crippen LogP contribution is 2.29. The van der Waals surface area contributed by atoms with Gasteiger partial charge >= 0.3 is 0 Å². The molecule has 1 aromatic heterocycles. The van der Waals surface area contributed by atoms with Crippen LogP contribution in [0, 0.1) is 5.92 Å². The van der Waals surface area contributed by atoms with Gasteiger partial charge in [-0.15, -0.1) is 0 Å². The standard InChI is InChI=1S/C19H22N4O2/c1-13(24)22-10-14-7-8-16(12-22)23(11-14)19(25)18-9-17(20-21-18)15-5-3-2-4-6-15/h2-6,9,14,16H,7-8,10-12H2,1H3,(H,20,21). The van der Waals surface area contributed by atoms with E-state index in [0.717, 1.165) is 30.6 Å². The molecule has 2 atom stereocenters. The van der Waals surface area contributed by atoms with Gasteiger partial charge in [-0.2, -0.15) is 5.10 Å². The molecule has 2 amide bonds. The molecule has 4 heterocycles. The summed E-state index contributed by atoms with van der Waals surface area (Å²) in [5.41, 5.74) is 2.27. The van der Waals surface area contributed by atoms with Gasteiger partial charge in [-0.3, -0.25) is 14.7 Å². The lowest BCUT2D eigenvalue weighted by molar-refractivity contribution is -0.129. The van der Waals surface area contributed by atoms with Crippen LogP contribution in [0.2, 0.25) is 0 Å². The Hall–Kier alpha value is -2.63. The number of aromatic amines is 1. The number of fused-ring (bicyclic) bond motifs is 4. The van der Waals surface area contributed by atoms with E-state index < -0.39 is 0 Å². The number of H-pyrrole nitrogens is 1. The summed E-state index contributed by atoms with van der Waals surface area (Å²) in [7, 11) is 0. The Morgan fingerprint density at radius 3 is 2.68 bits per heavy atom. The van der Waals surface area contributed by atoms with Crippen LogP contribution in [0.15, 0.2) is 36.4 Å². The molecular formula is C19H22N4O2. The van der Waals surface area contributed by atoms with Crippen molar-refractivity contribution in [2.24, 2.45) is 5.92 Å². The summed E-state index contributed by atoms with van der Waals surface area (Å²) in [6.07, 6.45) is 2.04. The van der Waals surface area contributed by atoms with Crippen molar-refractivity contribution in [1.82, 2.24) is 20.0 Å². The summed E-state index contributed by atoms with van der Waals surface area (Å²) in [6.45, 7) is 3.72. The number of nitrogens with one attached hydrogen (secondary N) is 1. The van der Waals surface area contributed by atoms with Crippen molar-refractivity contribution in [1.29, 1.82) is 0 Å². The van der Waals surface area contributed by atoms with Gasteiger partial charge in [0.1, 0.15) is 5.69 Å². The van der Waals surface area contributed by atoms with E-state index in [0.29, 0.717) is 24.7 Å². The molecule has 6 heteroatoms. The predicted molar refractivity (Wildman–Crippen MR) is 93.8 cm³/mol. The highest BCUT2D eigenvalue weighted by atomic mass is 16.2. The molecule has 6 nitrogen and oxygen atoms in total. The first-order valence-corrected chi connectivity index (χ1v) is 8.79. The zero-order chi connectivity index (χ0) is 17.4. The van der Waals surface area contributed by atoms with Crippen LogP contribution in [0.5, 0.6) is 0 Å². The lowest BCUT2D eigenvalue weighted by Crippen LogP contribution is -2.47. The normalized spacial score (nSPS) is 22.8. The summed E-state index contributed by atoms with van der Waals surface area (Å²) in [6, 6.07) is 11.7. The number of rotatable bonds is 2. The lowest BCUT2D eigenvalue weighted by atomic mass is 9.94. The number of aromatic nitrogens is 2. The van der Waals surface area contributed by atoms with Gasteiger partial charge in [0.05, 0.1) is 5.69 Å². The van der Waals surface area contributed by atoms with Crippen molar-refractivity contribution >= 4 is 11.8 Å². The first-order chi connectivity index (χ1) is 12.1. The number of hydrogen-bond donors (Lipinski definition) is 1. The van der Waals surface area contributed by atoms with E-state index in [9.17, 15) is 9.59 Å². The Balaban J connectivity index is 1.55. The largest absolute Gasteiger partial charge is 0.341 e. The van der Waals surface area contributed by atoms with Crippen LogP contribution in [0.1, 0.15) is 30.3 Å². The molecule has 0 radical (unpaired) electrons. The topological polar surface area (TPSA) is 69.3 Å². The molecule has 2 aromatic rings. The van der Waals surface area contributed by atoms with Gasteiger partial charge in [-0.1, -0.05) is 30.3 Å². The van der Waals surface area contributed by atoms with Gasteiger partial charge in [-0.25, -0.2) is 0 Å². The molecular weight excluding hydrogens is 316 g/mol. The SMILES string of the molecule is CC(=O)N1CC2CCC(C1)N(C(=O)c1cc(-c3ccccc3)n[nH]1)C2. The van der Waals surface area contributed by atoms with Crippen LogP contribution >= 0.6 is 0 Å². The zero-order valence-corrected chi connectivity index (χ0v) is 14.3. The average molecular weight is 338 g/mol. The molecule has 25 heavy (non-hydrogen) atoms. The Morgan fingerprint density at radius 1 is 1.12 bits per heavy atom. The third-order valence-electron chi connectivity index (χ3n) is 5.30. The molecule has 3 fully saturated rings. The Kier molecular flexibility index (Phi) is 4.03. The van der Waals surface area contributed by atoms with Crippen molar-refractivity contribution in [3.8, 4) is 11.3 Å². The number of hydrogen-bond acceptors (Lipinski definition) is 3. The van der Waals surface area contributed by atoms with Crippen LogP contribution in [-0.2, 0) is 4.79 Å². The molecule has 1 aromatic carbocycles. The van der Waals surface area contributed by atoms with Crippen LogP contribution in [0.4, 0.5) is 0 Å². The molecule has 1 N–H and O–H groups in total. The van der Waals surface area contributed by atoms with E-state index in [1.807, 2.05) is 46.2 Å². The Morgan fingerprint density at radius 2 is 1.92 bits per heavy atom. The Bertz CT molecular complexity index is 786. The maximum absolute atomic E-state index is 13.0. The summed E-state index contributed by atoms with van der Waals surface area (Å²) < 4.78 is 0. The second kappa shape index (κ2) is 6.35. The molecule has 0 spiro atoms. The first-order valence-electron chi connectivity index (χ1n) is 8.79. The molecule has 3 aliphatic heterocycles. The number of carbonyl (C=O) groups excluding carboxylic acids is 2. The van der Waals surface area contributed by atoms with Crippen LogP contribution in [0.25, 0.3) is 11.3 Å². The lowest BCUT2D eigenvalue weighted by Gasteiger charge is -2.35. The number of carbonyl (C=O) groups is 2. The fourth-order valence-corrected chi connectivity index (χ4v) is 3.93. The fourth-order valence-electron chi connectivity index (χ4n) is 3.93. The molecule has 3 aliphatic rings. The van der Waals surface area contributed by atoms with E-state index >= 15 is 0 Å². The quantitative estimate of drug-likeness (QED) is 0.912. The van der Waals surface area contributed by atoms with Crippen molar-refractivity contribution in [3.63, 3.8) is 0 Å². The highest BCUT2D eigenvalue weighted by Gasteiger charge is 2.38. The molecule has 0 saturated carbocycles. The second-order valence-electron chi connectivity index (χ2n) is 7.01. The van der Waals surface area contributed by atoms with Crippen LogP contribution in [0.3, 0.4) is 0 Å². The van der Waals surface area contributed by atoms with Gasteiger partial charge in [0.2, 0.25) is 5.91 Å². The molecule has 130 valence electrons. The molecule has 2 unspecified atom stereocenters. The monoisotopic (exact) mass is 338 g/mol. The van der Waals surface area contributed by atoms with Crippen molar-refractivity contribution in [2.75, 3.05) is 19.6 Å². The van der Waals surface area contributed by atoms with E-state index in [1.165, 1.54) is 0 Å². The van der Waals surface area contributed by atoms with Crippen LogP contribution in [-0.4, -0.2) is 57.5 Å². The maximum Gasteiger partial charge on any atom is 0.272 e. The summed E-state index contributed by atoms with van der Waals surface area (Å²) in [5, 5.41) is 7.19. The number of benzene rings is 1. The smallest absolute Gasteiger partial charge is 0.272 e. The van der Waals surface area contributed by atoms with Crippen LogP contribution < -0.4 is 0 Å². The number of amides is 2. The van der Waals surface area contributed by atoms with Crippen molar-refractivity contribution in [2.45, 2.75) is 25.8 Å². The van der Waals surface area contributed by atoms with E-state index in [4.69, 9.17) is 0 Å². The van der Waals surface area contributed by atoms with Gasteiger partial charge in [0.25, 0.3) is 5.91 Å². The van der Waals surface area contributed by atoms with Gasteiger partial charge in [0.15, 0.2) is 0 Å². The van der Waals surface area contributed by atoms with E-state index in [1.54, 1.807) is 6.92 Å². The number of piperidine rings is 1. The third-order valence-corrected chi connectivity index (χ3v) is 5.30. The van der Waals surface area contributed by atoms with E-state index in [2.05, 4.69) is 10.2 Å². The summed E-state index contributed by atoms with van der Waals surface area (Å²) in [5.74, 6) is 0.442. The first kappa shape index (κ1) is 15.9. The van der Waals surface area contributed by atoms with Crippen molar-refractivity contribution < 1.29 is 9.59 Å². The third kappa shape index (κ3) is 3.04. The molecule has 5 rings (SSSR count). The minimum absolute atomic E-state index is 0.0187. The fraction of sp³-hybridized carbons (Fsp3) is 0.421. The van der Waals surface area contributed by atoms with Crippen molar-refractivity contribution in [3.05, 3.63) is 42.1 Å².